The molecule has 0 unspecified atom stereocenters. The third kappa shape index (κ3) is 1.25. The Bertz CT molecular complexity index is 265. The number of carbonyl (C=O) groups excluding carboxylic acids is 1. The van der Waals surface area contributed by atoms with Gasteiger partial charge in [0, 0.05) is 8.45 Å². The van der Waals surface area contributed by atoms with Crippen LogP contribution < -0.4 is 0 Å². The van der Waals surface area contributed by atoms with Gasteiger partial charge in [0.15, 0.2) is 6.29 Å². The fraction of sp³-hybridized carbons (Fsp3) is 0.286. The Morgan fingerprint density at radius 3 is 2.30 bits per heavy atom. The number of hydrogen-bond acceptors (Lipinski definition) is 2. The highest BCUT2D eigenvalue weighted by Gasteiger charge is 2.07. The van der Waals surface area contributed by atoms with Crippen LogP contribution in [0.3, 0.4) is 0 Å². The van der Waals surface area contributed by atoms with E-state index in [1.54, 1.807) is 11.3 Å². The molecule has 54 valence electrons. The van der Waals surface area contributed by atoms with Crippen LogP contribution in [-0.4, -0.2) is 6.29 Å². The average Bonchev–Trinajstić information content (AvgIpc) is 2.17. The third-order valence-electron chi connectivity index (χ3n) is 1.38. The highest BCUT2D eigenvalue weighted by Crippen LogP contribution is 2.26. The number of aryl methyl sites for hydroxylation is 1. The first-order valence-electron chi connectivity index (χ1n) is 2.87. The summed E-state index contributed by atoms with van der Waals surface area (Å²) in [6.45, 7) is 4.02. The lowest BCUT2D eigenvalue weighted by Gasteiger charge is -1.86. The van der Waals surface area contributed by atoms with Crippen LogP contribution in [0.1, 0.15) is 20.1 Å². The van der Waals surface area contributed by atoms with Gasteiger partial charge in [-0.15, -0.1) is 11.3 Å². The summed E-state index contributed by atoms with van der Waals surface area (Å²) in [7, 11) is 0. The van der Waals surface area contributed by atoms with Crippen LogP contribution in [-0.2, 0) is 0 Å². The summed E-state index contributed by atoms with van der Waals surface area (Å²) < 4.78 is 1.23. The minimum absolute atomic E-state index is 0.863. The summed E-state index contributed by atoms with van der Waals surface area (Å²) >= 11 is 3.83. The normalized spacial score (nSPS) is 9.90. The topological polar surface area (TPSA) is 17.1 Å². The van der Waals surface area contributed by atoms with Crippen LogP contribution in [0.5, 0.6) is 0 Å². The Kier molecular flexibility index (Phi) is 2.46. The Morgan fingerprint density at radius 1 is 1.50 bits per heavy atom. The maximum Gasteiger partial charge on any atom is 0.160 e. The zero-order valence-electron chi connectivity index (χ0n) is 5.77. The summed E-state index contributed by atoms with van der Waals surface area (Å²) in [5.74, 6) is 0. The van der Waals surface area contributed by atoms with Gasteiger partial charge >= 0.3 is 0 Å². The van der Waals surface area contributed by atoms with E-state index in [-0.39, 0.29) is 0 Å². The van der Waals surface area contributed by atoms with Crippen molar-refractivity contribution in [2.75, 3.05) is 0 Å². The molecule has 0 aromatic carbocycles. The summed E-state index contributed by atoms with van der Waals surface area (Å²) in [6.07, 6.45) is 0.926. The number of hydrogen-bond donors (Lipinski definition) is 0. The molecule has 1 heterocycles. The number of rotatable bonds is 1. The quantitative estimate of drug-likeness (QED) is 0.564. The summed E-state index contributed by atoms with van der Waals surface area (Å²) in [6, 6.07) is 0. The van der Waals surface area contributed by atoms with Crippen molar-refractivity contribution in [3.05, 3.63) is 18.9 Å². The van der Waals surface area contributed by atoms with Gasteiger partial charge in [-0.25, -0.2) is 0 Å². The van der Waals surface area contributed by atoms with Crippen molar-refractivity contribution in [2.45, 2.75) is 13.8 Å². The minimum atomic E-state index is 0.863. The number of aldehydes is 1. The van der Waals surface area contributed by atoms with Gasteiger partial charge < -0.3 is 0 Å². The monoisotopic (exact) mass is 266 g/mol. The van der Waals surface area contributed by atoms with Gasteiger partial charge in [0.25, 0.3) is 0 Å². The van der Waals surface area contributed by atoms with Crippen molar-refractivity contribution in [3.63, 3.8) is 0 Å². The maximum absolute atomic E-state index is 10.4. The fourth-order valence-electron chi connectivity index (χ4n) is 0.771. The molecule has 0 saturated heterocycles. The molecule has 1 nitrogen and oxygen atoms in total. The van der Waals surface area contributed by atoms with Gasteiger partial charge in [-0.05, 0) is 42.0 Å². The number of halogens is 1. The lowest BCUT2D eigenvalue weighted by atomic mass is 10.3. The van der Waals surface area contributed by atoms with Gasteiger partial charge in [0.1, 0.15) is 0 Å². The van der Waals surface area contributed by atoms with E-state index in [4.69, 9.17) is 0 Å². The zero-order valence-corrected chi connectivity index (χ0v) is 8.75. The van der Waals surface area contributed by atoms with Gasteiger partial charge in [-0.1, -0.05) is 0 Å². The van der Waals surface area contributed by atoms with Crippen LogP contribution in [0.4, 0.5) is 0 Å². The zero-order chi connectivity index (χ0) is 7.72. The molecule has 0 saturated carbocycles. The Balaban J connectivity index is 3.30. The predicted molar refractivity (Wildman–Crippen MR) is 51.9 cm³/mol. The Labute approximate surface area is 77.6 Å². The second-order valence-electron chi connectivity index (χ2n) is 2.08. The largest absolute Gasteiger partial charge is 0.297 e. The molecule has 1 aromatic rings. The molecule has 3 heteroatoms. The molecule has 0 aliphatic carbocycles. The molecular weight excluding hydrogens is 259 g/mol. The van der Waals surface area contributed by atoms with Gasteiger partial charge in [-0.3, -0.25) is 4.79 Å². The van der Waals surface area contributed by atoms with E-state index in [0.717, 1.165) is 16.7 Å². The van der Waals surface area contributed by atoms with Crippen molar-refractivity contribution in [2.24, 2.45) is 0 Å². The van der Waals surface area contributed by atoms with Gasteiger partial charge in [0.05, 0.1) is 4.88 Å². The van der Waals surface area contributed by atoms with E-state index in [1.165, 1.54) is 8.45 Å². The van der Waals surface area contributed by atoms with Crippen molar-refractivity contribution < 1.29 is 4.79 Å². The van der Waals surface area contributed by atoms with Crippen LogP contribution in [0.15, 0.2) is 0 Å². The molecule has 0 N–H and O–H groups in total. The van der Waals surface area contributed by atoms with E-state index < -0.39 is 0 Å². The van der Waals surface area contributed by atoms with E-state index in [2.05, 4.69) is 22.6 Å². The fourth-order valence-corrected chi connectivity index (χ4v) is 2.45. The lowest BCUT2D eigenvalue weighted by molar-refractivity contribution is 0.112. The molecule has 10 heavy (non-hydrogen) atoms. The Morgan fingerprint density at radius 2 is 2.10 bits per heavy atom. The predicted octanol–water partition coefficient (Wildman–Crippen LogP) is 2.78. The smallest absolute Gasteiger partial charge is 0.160 e. The van der Waals surface area contributed by atoms with Crippen molar-refractivity contribution in [1.82, 2.24) is 0 Å². The Hall–Kier alpha value is 0.100. The molecule has 0 amide bonds. The van der Waals surface area contributed by atoms with E-state index in [9.17, 15) is 4.79 Å². The maximum atomic E-state index is 10.4. The van der Waals surface area contributed by atoms with E-state index in [0.29, 0.717) is 0 Å². The summed E-state index contributed by atoms with van der Waals surface area (Å²) in [5, 5.41) is 0. The standard InChI is InChI=1S/C7H7IOS/c1-4-6(3-9)10-5(2)7(4)8/h3H,1-2H3. The molecule has 0 fully saturated rings. The average molecular weight is 266 g/mol. The third-order valence-corrected chi connectivity index (χ3v) is 4.49. The summed E-state index contributed by atoms with van der Waals surface area (Å²) in [5.41, 5.74) is 1.12. The van der Waals surface area contributed by atoms with Crippen molar-refractivity contribution in [3.8, 4) is 0 Å². The van der Waals surface area contributed by atoms with Crippen molar-refractivity contribution in [1.29, 1.82) is 0 Å². The van der Waals surface area contributed by atoms with Gasteiger partial charge in [-0.2, -0.15) is 0 Å². The van der Waals surface area contributed by atoms with E-state index >= 15 is 0 Å². The first kappa shape index (κ1) is 8.20. The van der Waals surface area contributed by atoms with Crippen LogP contribution >= 0.6 is 33.9 Å². The molecule has 0 radical (unpaired) electrons. The highest BCUT2D eigenvalue weighted by molar-refractivity contribution is 14.1. The number of carbonyl (C=O) groups is 1. The van der Waals surface area contributed by atoms with Gasteiger partial charge in [0.2, 0.25) is 0 Å². The van der Waals surface area contributed by atoms with E-state index in [1.807, 2.05) is 13.8 Å². The molecule has 0 bridgehead atoms. The van der Waals surface area contributed by atoms with Crippen LogP contribution in [0.2, 0.25) is 0 Å². The number of thiophene rings is 1. The lowest BCUT2D eigenvalue weighted by Crippen LogP contribution is -1.77. The molecule has 0 spiro atoms. The highest BCUT2D eigenvalue weighted by atomic mass is 127. The molecule has 1 rings (SSSR count). The molecule has 0 aliphatic heterocycles. The minimum Gasteiger partial charge on any atom is -0.297 e. The first-order chi connectivity index (χ1) is 4.66. The molecular formula is C7H7IOS. The first-order valence-corrected chi connectivity index (χ1v) is 4.77. The molecule has 0 atom stereocenters. The van der Waals surface area contributed by atoms with Crippen LogP contribution in [0.25, 0.3) is 0 Å². The van der Waals surface area contributed by atoms with Crippen molar-refractivity contribution >= 4 is 40.2 Å². The molecule has 1 aromatic heterocycles. The second kappa shape index (κ2) is 3.00. The molecule has 0 aliphatic rings. The SMILES string of the molecule is Cc1sc(C=O)c(C)c1I. The summed E-state index contributed by atoms with van der Waals surface area (Å²) in [4.78, 5) is 12.5. The van der Waals surface area contributed by atoms with Crippen LogP contribution in [0, 0.1) is 17.4 Å². The second-order valence-corrected chi connectivity index (χ2v) is 4.41.